The molecule has 2 atom stereocenters. The molecule has 0 aromatic heterocycles. The minimum absolute atomic E-state index is 0.0239. The summed E-state index contributed by atoms with van der Waals surface area (Å²) in [6.07, 6.45) is 0.986. The number of β-lactam (4-membered cyclic amide) rings is 1. The van der Waals surface area contributed by atoms with Crippen LogP contribution in [0.15, 0.2) is 11.3 Å². The molecule has 0 aromatic carbocycles. The van der Waals surface area contributed by atoms with E-state index in [-0.39, 0.29) is 23.2 Å². The summed E-state index contributed by atoms with van der Waals surface area (Å²) in [5.74, 6) is 0.852. The fourth-order valence-electron chi connectivity index (χ4n) is 2.16. The Morgan fingerprint density at radius 1 is 1.62 bits per heavy atom. The van der Waals surface area contributed by atoms with Crippen molar-refractivity contribution in [2.75, 3.05) is 5.75 Å². The topological polar surface area (TPSA) is 49.4 Å². The first-order valence-corrected chi connectivity index (χ1v) is 6.51. The van der Waals surface area contributed by atoms with E-state index in [0.29, 0.717) is 0 Å². The second kappa shape index (κ2) is 4.13. The molecule has 2 heterocycles. The maximum absolute atomic E-state index is 11.9. The molecule has 0 bridgehead atoms. The summed E-state index contributed by atoms with van der Waals surface area (Å²) in [5.41, 5.74) is 2.41. The van der Waals surface area contributed by atoms with Crippen molar-refractivity contribution in [3.8, 4) is 0 Å². The highest BCUT2D eigenvalue weighted by Gasteiger charge is 2.50. The van der Waals surface area contributed by atoms with Crippen LogP contribution < -0.4 is 5.32 Å². The van der Waals surface area contributed by atoms with E-state index >= 15 is 0 Å². The number of carbonyl (C=O) groups is 2. The highest BCUT2D eigenvalue weighted by Crippen LogP contribution is 2.40. The molecule has 2 rings (SSSR count). The van der Waals surface area contributed by atoms with Crippen LogP contribution in [0.2, 0.25) is 0 Å². The average molecular weight is 240 g/mol. The number of carbonyl (C=O) groups excluding carboxylic acids is 2. The molecular weight excluding hydrogens is 224 g/mol. The molecule has 2 aliphatic heterocycles. The zero-order valence-corrected chi connectivity index (χ0v) is 10.6. The summed E-state index contributed by atoms with van der Waals surface area (Å²) in [6, 6.07) is -0.323. The lowest BCUT2D eigenvalue weighted by atomic mass is 10.0. The molecule has 4 nitrogen and oxygen atoms in total. The maximum atomic E-state index is 11.9. The molecule has 0 unspecified atom stereocenters. The number of hydrogen-bond acceptors (Lipinski definition) is 3. The van der Waals surface area contributed by atoms with Crippen molar-refractivity contribution >= 4 is 23.6 Å². The lowest BCUT2D eigenvalue weighted by Gasteiger charge is -2.50. The first-order valence-electron chi connectivity index (χ1n) is 5.46. The Morgan fingerprint density at radius 3 is 2.88 bits per heavy atom. The van der Waals surface area contributed by atoms with Crippen molar-refractivity contribution in [2.45, 2.75) is 38.6 Å². The number of nitrogens with one attached hydrogen (secondary N) is 1. The van der Waals surface area contributed by atoms with Crippen LogP contribution in [0, 0.1) is 0 Å². The van der Waals surface area contributed by atoms with Crippen LogP contribution >= 0.6 is 11.8 Å². The predicted octanol–water partition coefficient (Wildman–Crippen LogP) is 1.09. The van der Waals surface area contributed by atoms with Gasteiger partial charge in [-0.3, -0.25) is 14.5 Å². The van der Waals surface area contributed by atoms with Gasteiger partial charge in [0.25, 0.3) is 5.91 Å². The summed E-state index contributed by atoms with van der Waals surface area (Å²) in [7, 11) is 0. The summed E-state index contributed by atoms with van der Waals surface area (Å²) in [6.45, 7) is 5.55. The first-order chi connectivity index (χ1) is 7.56. The standard InChI is InChI=1S/C11H16N2O2S/c1-4-8-5-16-11-9(12-7(3)14)10(15)13(11)6(8)2/h9,11H,4-5H2,1-3H3,(H,12,14)/t9-,11-/m1/s1. The Kier molecular flexibility index (Phi) is 2.97. The number of thioether (sulfide) groups is 1. The van der Waals surface area contributed by atoms with Gasteiger partial charge in [0, 0.05) is 18.4 Å². The molecule has 16 heavy (non-hydrogen) atoms. The van der Waals surface area contributed by atoms with E-state index in [1.165, 1.54) is 12.5 Å². The monoisotopic (exact) mass is 240 g/mol. The van der Waals surface area contributed by atoms with Crippen LogP contribution in [0.5, 0.6) is 0 Å². The van der Waals surface area contributed by atoms with Gasteiger partial charge in [-0.25, -0.2) is 0 Å². The van der Waals surface area contributed by atoms with Gasteiger partial charge in [-0.15, -0.1) is 11.8 Å². The second-order valence-corrected chi connectivity index (χ2v) is 5.24. The minimum Gasteiger partial charge on any atom is -0.342 e. The van der Waals surface area contributed by atoms with E-state index in [2.05, 4.69) is 12.2 Å². The third-order valence-corrected chi connectivity index (χ3v) is 4.47. The lowest BCUT2D eigenvalue weighted by Crippen LogP contribution is -2.69. The second-order valence-electron chi connectivity index (χ2n) is 4.13. The summed E-state index contributed by atoms with van der Waals surface area (Å²) in [5, 5.41) is 2.81. The molecule has 2 amide bonds. The highest BCUT2D eigenvalue weighted by atomic mass is 32.2. The highest BCUT2D eigenvalue weighted by molar-refractivity contribution is 8.00. The smallest absolute Gasteiger partial charge is 0.253 e. The van der Waals surface area contributed by atoms with Crippen LogP contribution in [0.25, 0.3) is 0 Å². The minimum atomic E-state index is -0.323. The van der Waals surface area contributed by atoms with Crippen LogP contribution in [-0.2, 0) is 9.59 Å². The Hall–Kier alpha value is -0.970. The normalized spacial score (nSPS) is 28.7. The molecule has 2 aliphatic rings. The van der Waals surface area contributed by atoms with Crippen molar-refractivity contribution in [3.63, 3.8) is 0 Å². The van der Waals surface area contributed by atoms with Gasteiger partial charge in [-0.05, 0) is 18.9 Å². The molecule has 0 radical (unpaired) electrons. The fraction of sp³-hybridized carbons (Fsp3) is 0.636. The molecule has 0 spiro atoms. The van der Waals surface area contributed by atoms with Crippen molar-refractivity contribution < 1.29 is 9.59 Å². The van der Waals surface area contributed by atoms with Gasteiger partial charge >= 0.3 is 0 Å². The van der Waals surface area contributed by atoms with Gasteiger partial charge in [0.1, 0.15) is 11.4 Å². The van der Waals surface area contributed by atoms with Gasteiger partial charge < -0.3 is 5.32 Å². The Balaban J connectivity index is 2.15. The van der Waals surface area contributed by atoms with Crippen molar-refractivity contribution in [3.05, 3.63) is 11.3 Å². The number of rotatable bonds is 2. The molecule has 1 fully saturated rings. The first kappa shape index (κ1) is 11.5. The predicted molar refractivity (Wildman–Crippen MR) is 63.7 cm³/mol. The SMILES string of the molecule is CCC1=C(C)N2C(=O)[C@@H](NC(C)=O)[C@H]2SC1. The molecule has 0 aromatic rings. The van der Waals surface area contributed by atoms with Crippen molar-refractivity contribution in [1.29, 1.82) is 0 Å². The lowest BCUT2D eigenvalue weighted by molar-refractivity contribution is -0.145. The van der Waals surface area contributed by atoms with Crippen molar-refractivity contribution in [2.24, 2.45) is 0 Å². The quantitative estimate of drug-likeness (QED) is 0.735. The van der Waals surface area contributed by atoms with Crippen LogP contribution in [-0.4, -0.2) is 33.9 Å². The molecular formula is C11H16N2O2S. The van der Waals surface area contributed by atoms with Gasteiger partial charge in [0.15, 0.2) is 0 Å². The third kappa shape index (κ3) is 1.63. The van der Waals surface area contributed by atoms with Gasteiger partial charge in [0.05, 0.1) is 0 Å². The molecule has 88 valence electrons. The Bertz CT molecular complexity index is 378. The molecule has 1 N–H and O–H groups in total. The maximum Gasteiger partial charge on any atom is 0.253 e. The Labute approximate surface area is 99.4 Å². The van der Waals surface area contributed by atoms with E-state index in [1.807, 2.05) is 11.8 Å². The number of amides is 2. The molecule has 0 saturated carbocycles. The molecule has 5 heteroatoms. The zero-order valence-electron chi connectivity index (χ0n) is 9.74. The summed E-state index contributed by atoms with van der Waals surface area (Å²) >= 11 is 1.74. The van der Waals surface area contributed by atoms with Gasteiger partial charge in [0.2, 0.25) is 5.91 Å². The van der Waals surface area contributed by atoms with Crippen LogP contribution in [0.1, 0.15) is 27.2 Å². The van der Waals surface area contributed by atoms with Crippen molar-refractivity contribution in [1.82, 2.24) is 10.2 Å². The number of hydrogen-bond donors (Lipinski definition) is 1. The fourth-order valence-corrected chi connectivity index (χ4v) is 3.73. The number of allylic oxidation sites excluding steroid dienone is 1. The van der Waals surface area contributed by atoms with E-state index < -0.39 is 0 Å². The largest absolute Gasteiger partial charge is 0.342 e. The van der Waals surface area contributed by atoms with E-state index in [0.717, 1.165) is 17.9 Å². The molecule has 1 saturated heterocycles. The van der Waals surface area contributed by atoms with Gasteiger partial charge in [-0.1, -0.05) is 6.92 Å². The van der Waals surface area contributed by atoms with E-state index in [9.17, 15) is 9.59 Å². The number of nitrogens with zero attached hydrogens (tertiary/aromatic N) is 1. The average Bonchev–Trinajstić information content (AvgIpc) is 2.25. The van der Waals surface area contributed by atoms with E-state index in [1.54, 1.807) is 11.8 Å². The zero-order chi connectivity index (χ0) is 11.9. The van der Waals surface area contributed by atoms with E-state index in [4.69, 9.17) is 0 Å². The van der Waals surface area contributed by atoms with Gasteiger partial charge in [-0.2, -0.15) is 0 Å². The summed E-state index contributed by atoms with van der Waals surface area (Å²) in [4.78, 5) is 24.6. The third-order valence-electron chi connectivity index (χ3n) is 3.13. The molecule has 0 aliphatic carbocycles. The Morgan fingerprint density at radius 2 is 2.31 bits per heavy atom. The summed E-state index contributed by atoms with van der Waals surface area (Å²) < 4.78 is 0. The van der Waals surface area contributed by atoms with Crippen LogP contribution in [0.4, 0.5) is 0 Å². The van der Waals surface area contributed by atoms with Crippen LogP contribution in [0.3, 0.4) is 0 Å². The number of fused-ring (bicyclic) bond motifs is 1.